The lowest BCUT2D eigenvalue weighted by atomic mass is 9.75. The summed E-state index contributed by atoms with van der Waals surface area (Å²) in [4.78, 5) is 14.7. The molecule has 24 heavy (non-hydrogen) atoms. The Labute approximate surface area is 146 Å². The summed E-state index contributed by atoms with van der Waals surface area (Å²) in [5.74, 6) is 0.0743. The molecule has 132 valence electrons. The molecule has 0 aromatic heterocycles. The summed E-state index contributed by atoms with van der Waals surface area (Å²) < 4.78 is 24.0. The molecule has 1 amide bonds. The average molecular weight is 373 g/mol. The fourth-order valence-corrected chi connectivity index (χ4v) is 4.05. The SMILES string of the molecule is NS(=O)(=O)N1CCN(C(=O)C2(Cc3ccc(Cl)cc3)CNC2)CC1. The second-order valence-corrected chi connectivity index (χ2v) is 8.41. The van der Waals surface area contributed by atoms with E-state index in [-0.39, 0.29) is 19.0 Å². The fraction of sp³-hybridized carbons (Fsp3) is 0.533. The van der Waals surface area contributed by atoms with Gasteiger partial charge in [-0.15, -0.1) is 0 Å². The maximum Gasteiger partial charge on any atom is 0.277 e. The number of piperazine rings is 1. The molecule has 2 aliphatic heterocycles. The van der Waals surface area contributed by atoms with Crippen molar-refractivity contribution in [1.29, 1.82) is 0 Å². The van der Waals surface area contributed by atoms with Gasteiger partial charge in [-0.3, -0.25) is 4.79 Å². The van der Waals surface area contributed by atoms with Gasteiger partial charge in [0, 0.05) is 44.3 Å². The first-order valence-electron chi connectivity index (χ1n) is 7.83. The van der Waals surface area contributed by atoms with Crippen molar-refractivity contribution in [3.63, 3.8) is 0 Å². The van der Waals surface area contributed by atoms with E-state index in [0.717, 1.165) is 5.56 Å². The van der Waals surface area contributed by atoms with Crippen LogP contribution in [0.2, 0.25) is 5.02 Å². The number of halogens is 1. The molecule has 2 saturated heterocycles. The molecule has 0 bridgehead atoms. The zero-order valence-corrected chi connectivity index (χ0v) is 14.8. The van der Waals surface area contributed by atoms with Crippen LogP contribution < -0.4 is 10.5 Å². The lowest BCUT2D eigenvalue weighted by Crippen LogP contribution is -2.65. The average Bonchev–Trinajstić information content (AvgIpc) is 2.51. The van der Waals surface area contributed by atoms with Crippen LogP contribution in [-0.2, 0) is 21.4 Å². The van der Waals surface area contributed by atoms with Gasteiger partial charge in [-0.25, -0.2) is 5.14 Å². The predicted octanol–water partition coefficient (Wildman–Crippen LogP) is -0.180. The summed E-state index contributed by atoms with van der Waals surface area (Å²) in [6, 6.07) is 7.53. The lowest BCUT2D eigenvalue weighted by Gasteiger charge is -2.46. The minimum atomic E-state index is -3.68. The Balaban J connectivity index is 1.67. The molecule has 2 heterocycles. The van der Waals surface area contributed by atoms with E-state index in [4.69, 9.17) is 16.7 Å². The van der Waals surface area contributed by atoms with Gasteiger partial charge in [-0.2, -0.15) is 12.7 Å². The monoisotopic (exact) mass is 372 g/mol. The van der Waals surface area contributed by atoms with Crippen molar-refractivity contribution in [1.82, 2.24) is 14.5 Å². The highest BCUT2D eigenvalue weighted by molar-refractivity contribution is 7.86. The van der Waals surface area contributed by atoms with E-state index in [1.54, 1.807) is 4.90 Å². The highest BCUT2D eigenvalue weighted by Gasteiger charge is 2.47. The molecular weight excluding hydrogens is 352 g/mol. The number of nitrogens with one attached hydrogen (secondary N) is 1. The van der Waals surface area contributed by atoms with Crippen molar-refractivity contribution in [2.45, 2.75) is 6.42 Å². The number of carbonyl (C=O) groups excluding carboxylic acids is 1. The summed E-state index contributed by atoms with van der Waals surface area (Å²) >= 11 is 5.91. The Bertz CT molecular complexity index is 711. The van der Waals surface area contributed by atoms with Gasteiger partial charge >= 0.3 is 0 Å². The van der Waals surface area contributed by atoms with E-state index in [1.165, 1.54) is 4.31 Å². The van der Waals surface area contributed by atoms with Crippen LogP contribution in [0.5, 0.6) is 0 Å². The van der Waals surface area contributed by atoms with Crippen molar-refractivity contribution >= 4 is 27.7 Å². The minimum Gasteiger partial charge on any atom is -0.339 e. The zero-order valence-electron chi connectivity index (χ0n) is 13.2. The quantitative estimate of drug-likeness (QED) is 0.766. The molecule has 3 rings (SSSR count). The molecule has 0 aliphatic carbocycles. The molecule has 0 spiro atoms. The molecule has 3 N–H and O–H groups in total. The van der Waals surface area contributed by atoms with Gasteiger partial charge in [0.15, 0.2) is 0 Å². The summed E-state index contributed by atoms with van der Waals surface area (Å²) in [5, 5.41) is 9.00. The van der Waals surface area contributed by atoms with E-state index in [0.29, 0.717) is 37.6 Å². The standard InChI is InChI=1S/C15H21ClN4O3S/c16-13-3-1-12(2-4-13)9-15(10-18-11-15)14(21)19-5-7-20(8-6-19)24(17,22)23/h1-4,18H,5-11H2,(H2,17,22,23). The van der Waals surface area contributed by atoms with Gasteiger partial charge in [-0.05, 0) is 24.1 Å². The van der Waals surface area contributed by atoms with Crippen LogP contribution in [0.1, 0.15) is 5.56 Å². The molecule has 1 aromatic rings. The van der Waals surface area contributed by atoms with E-state index < -0.39 is 15.6 Å². The van der Waals surface area contributed by atoms with Crippen LogP contribution >= 0.6 is 11.6 Å². The predicted molar refractivity (Wildman–Crippen MR) is 91.7 cm³/mol. The first kappa shape index (κ1) is 17.6. The first-order chi connectivity index (χ1) is 11.3. The molecule has 7 nitrogen and oxygen atoms in total. The van der Waals surface area contributed by atoms with Crippen LogP contribution in [-0.4, -0.2) is 62.8 Å². The molecule has 2 fully saturated rings. The molecule has 0 saturated carbocycles. The molecule has 9 heteroatoms. The van der Waals surface area contributed by atoms with Crippen molar-refractivity contribution in [3.05, 3.63) is 34.9 Å². The Morgan fingerprint density at radius 2 is 1.75 bits per heavy atom. The number of amides is 1. The van der Waals surface area contributed by atoms with Crippen molar-refractivity contribution in [2.24, 2.45) is 10.6 Å². The van der Waals surface area contributed by atoms with E-state index in [2.05, 4.69) is 5.32 Å². The number of rotatable bonds is 4. The third-order valence-electron chi connectivity index (χ3n) is 4.72. The molecule has 0 unspecified atom stereocenters. The van der Waals surface area contributed by atoms with Crippen LogP contribution in [0.15, 0.2) is 24.3 Å². The van der Waals surface area contributed by atoms with E-state index in [1.807, 2.05) is 24.3 Å². The Kier molecular flexibility index (Phi) is 4.85. The third-order valence-corrected chi connectivity index (χ3v) is 6.06. The van der Waals surface area contributed by atoms with Crippen LogP contribution in [0.25, 0.3) is 0 Å². The van der Waals surface area contributed by atoms with Gasteiger partial charge in [0.2, 0.25) is 5.91 Å². The summed E-state index contributed by atoms with van der Waals surface area (Å²) in [7, 11) is -3.68. The number of hydrogen-bond donors (Lipinski definition) is 2. The second-order valence-electron chi connectivity index (χ2n) is 6.42. The largest absolute Gasteiger partial charge is 0.339 e. The van der Waals surface area contributed by atoms with Crippen LogP contribution in [0.4, 0.5) is 0 Å². The van der Waals surface area contributed by atoms with E-state index in [9.17, 15) is 13.2 Å². The zero-order chi connectivity index (χ0) is 17.4. The smallest absolute Gasteiger partial charge is 0.277 e. The molecule has 0 radical (unpaired) electrons. The van der Waals surface area contributed by atoms with Crippen molar-refractivity contribution in [2.75, 3.05) is 39.3 Å². The van der Waals surface area contributed by atoms with Gasteiger partial charge in [0.1, 0.15) is 0 Å². The topological polar surface area (TPSA) is 95.7 Å². The summed E-state index contributed by atoms with van der Waals surface area (Å²) in [6.45, 7) is 2.49. The third kappa shape index (κ3) is 3.57. The number of nitrogens with two attached hydrogens (primary N) is 1. The normalized spacial score (nSPS) is 21.3. The maximum atomic E-state index is 13.0. The maximum absolute atomic E-state index is 13.0. The highest BCUT2D eigenvalue weighted by atomic mass is 35.5. The summed E-state index contributed by atoms with van der Waals surface area (Å²) in [6.07, 6.45) is 0.644. The second kappa shape index (κ2) is 6.61. The summed E-state index contributed by atoms with van der Waals surface area (Å²) in [5.41, 5.74) is 0.606. The molecule has 2 aliphatic rings. The van der Waals surface area contributed by atoms with Crippen LogP contribution in [0.3, 0.4) is 0 Å². The van der Waals surface area contributed by atoms with Crippen LogP contribution in [0, 0.1) is 5.41 Å². The Hall–Kier alpha value is -1.19. The lowest BCUT2D eigenvalue weighted by molar-refractivity contribution is -0.146. The number of hydrogen-bond acceptors (Lipinski definition) is 4. The highest BCUT2D eigenvalue weighted by Crippen LogP contribution is 2.31. The van der Waals surface area contributed by atoms with Gasteiger partial charge in [0.05, 0.1) is 5.41 Å². The number of carbonyl (C=O) groups is 1. The number of nitrogens with zero attached hydrogens (tertiary/aromatic N) is 2. The van der Waals surface area contributed by atoms with E-state index >= 15 is 0 Å². The van der Waals surface area contributed by atoms with Gasteiger partial charge in [-0.1, -0.05) is 23.7 Å². The van der Waals surface area contributed by atoms with Crippen molar-refractivity contribution < 1.29 is 13.2 Å². The molecule has 0 atom stereocenters. The Morgan fingerprint density at radius 3 is 2.21 bits per heavy atom. The molecule has 1 aromatic carbocycles. The van der Waals surface area contributed by atoms with Gasteiger partial charge < -0.3 is 10.2 Å². The fourth-order valence-electron chi connectivity index (χ4n) is 3.25. The first-order valence-corrected chi connectivity index (χ1v) is 9.71. The minimum absolute atomic E-state index is 0.0743. The number of benzene rings is 1. The Morgan fingerprint density at radius 1 is 1.17 bits per heavy atom. The van der Waals surface area contributed by atoms with Crippen molar-refractivity contribution in [3.8, 4) is 0 Å². The molecular formula is C15H21ClN4O3S. The van der Waals surface area contributed by atoms with Gasteiger partial charge in [0.25, 0.3) is 10.2 Å².